The summed E-state index contributed by atoms with van der Waals surface area (Å²) in [4.78, 5) is 5.00. The number of fused-ring (bicyclic) bond motifs is 4. The summed E-state index contributed by atoms with van der Waals surface area (Å²) in [5.41, 5.74) is 19.3. The molecule has 0 amide bonds. The van der Waals surface area contributed by atoms with Crippen LogP contribution in [0.15, 0.2) is 206 Å². The van der Waals surface area contributed by atoms with Crippen LogP contribution in [0, 0.1) is 13.8 Å². The fourth-order valence-corrected chi connectivity index (χ4v) is 11.8. The summed E-state index contributed by atoms with van der Waals surface area (Å²) in [7, 11) is 0. The Balaban J connectivity index is 1.23. The first-order valence-corrected chi connectivity index (χ1v) is 28.1. The molecule has 0 spiro atoms. The molecule has 0 aromatic heterocycles. The number of benzene rings is 11. The van der Waals surface area contributed by atoms with Gasteiger partial charge < -0.3 is 9.80 Å². The minimum Gasteiger partial charge on any atom is -0.309 e. The predicted molar refractivity (Wildman–Crippen MR) is 341 cm³/mol. The quantitative estimate of drug-likeness (QED) is 0.140. The molecule has 2 nitrogen and oxygen atoms in total. The van der Waals surface area contributed by atoms with Crippen LogP contribution in [0.4, 0.5) is 34.1 Å². The van der Waals surface area contributed by atoms with Gasteiger partial charge in [-0.05, 0) is 185 Å². The molecule has 11 rings (SSSR count). The van der Waals surface area contributed by atoms with Crippen molar-refractivity contribution in [3.05, 3.63) is 240 Å². The molecule has 11 aromatic carbocycles. The third-order valence-electron chi connectivity index (χ3n) is 16.1. The fraction of sp³-hybridized carbons (Fsp3) is 0.237. The van der Waals surface area contributed by atoms with E-state index in [0.717, 1.165) is 22.7 Å². The van der Waals surface area contributed by atoms with E-state index in [1.807, 2.05) is 0 Å². The zero-order valence-corrected chi connectivity index (χ0v) is 48.5. The summed E-state index contributed by atoms with van der Waals surface area (Å²) >= 11 is 0. The minimum absolute atomic E-state index is 0.0681. The Labute approximate surface area is 465 Å². The lowest BCUT2D eigenvalue weighted by Crippen LogP contribution is -2.14. The van der Waals surface area contributed by atoms with Gasteiger partial charge in [0.25, 0.3) is 0 Å². The van der Waals surface area contributed by atoms with Crippen molar-refractivity contribution in [3.8, 4) is 22.3 Å². The van der Waals surface area contributed by atoms with Crippen LogP contribution in [0.25, 0.3) is 65.3 Å². The maximum Gasteiger partial charge on any atom is 0.0618 e. The summed E-state index contributed by atoms with van der Waals surface area (Å²) < 4.78 is 0. The van der Waals surface area contributed by atoms with E-state index in [1.165, 1.54) is 110 Å². The lowest BCUT2D eigenvalue weighted by molar-refractivity contribution is 0.590. The largest absolute Gasteiger partial charge is 0.309 e. The van der Waals surface area contributed by atoms with Crippen LogP contribution in [0.5, 0.6) is 0 Å². The Morgan fingerprint density at radius 2 is 0.526 bits per heavy atom. The molecule has 0 fully saturated rings. The van der Waals surface area contributed by atoms with Crippen molar-refractivity contribution in [1.29, 1.82) is 0 Å². The van der Waals surface area contributed by atoms with E-state index in [1.54, 1.807) is 0 Å². The fourth-order valence-electron chi connectivity index (χ4n) is 11.8. The lowest BCUT2D eigenvalue weighted by Gasteiger charge is -2.32. The van der Waals surface area contributed by atoms with Crippen molar-refractivity contribution in [2.45, 2.75) is 119 Å². The molecular formula is C76H76N2. The average Bonchev–Trinajstić information content (AvgIpc) is 3.52. The Morgan fingerprint density at radius 3 is 0.833 bits per heavy atom. The molecule has 0 aliphatic carbocycles. The Morgan fingerprint density at radius 1 is 0.244 bits per heavy atom. The van der Waals surface area contributed by atoms with Gasteiger partial charge in [-0.25, -0.2) is 0 Å². The van der Waals surface area contributed by atoms with Crippen molar-refractivity contribution in [1.82, 2.24) is 0 Å². The van der Waals surface area contributed by atoms with Crippen LogP contribution in [-0.4, -0.2) is 0 Å². The number of hydrogen-bond acceptors (Lipinski definition) is 2. The highest BCUT2D eigenvalue weighted by Crippen LogP contribution is 2.53. The topological polar surface area (TPSA) is 6.48 Å². The number of para-hydroxylation sites is 3. The summed E-state index contributed by atoms with van der Waals surface area (Å²) in [5.74, 6) is 0. The third-order valence-corrected chi connectivity index (χ3v) is 16.1. The van der Waals surface area contributed by atoms with E-state index < -0.39 is 0 Å². The van der Waals surface area contributed by atoms with E-state index in [0.29, 0.717) is 0 Å². The highest BCUT2D eigenvalue weighted by molar-refractivity contribution is 6.24. The second-order valence-corrected chi connectivity index (χ2v) is 26.1. The molecule has 0 aliphatic rings. The second-order valence-electron chi connectivity index (χ2n) is 26.1. The Hall–Kier alpha value is -7.94. The normalized spacial score (nSPS) is 12.5. The monoisotopic (exact) mass is 1020 g/mol. The SMILES string of the molecule is Cc1cc(C)cc(N(c2ccccc2)c2c3ccc(C(C)(C)C)cc3c(-c3ccc(-c4c5cc(C(C)(C)C)ccc5c(N(c5ccccc5)c5ccccc5)c5cc(C(C)(C)C)ccc45)cc3)c3ccc(C(C)(C)C)cc23)c1. The maximum absolute atomic E-state index is 2.52. The van der Waals surface area contributed by atoms with Gasteiger partial charge in [0.05, 0.1) is 11.4 Å². The van der Waals surface area contributed by atoms with Gasteiger partial charge >= 0.3 is 0 Å². The van der Waals surface area contributed by atoms with E-state index in [9.17, 15) is 0 Å². The highest BCUT2D eigenvalue weighted by Gasteiger charge is 2.29. The summed E-state index contributed by atoms with van der Waals surface area (Å²) in [6.45, 7) is 32.4. The summed E-state index contributed by atoms with van der Waals surface area (Å²) in [6, 6.07) is 78.5. The van der Waals surface area contributed by atoms with Gasteiger partial charge in [0.1, 0.15) is 0 Å². The van der Waals surface area contributed by atoms with Gasteiger partial charge in [-0.15, -0.1) is 0 Å². The number of anilines is 6. The number of aryl methyl sites for hydroxylation is 2. The molecule has 0 aliphatic heterocycles. The maximum atomic E-state index is 2.52. The molecule has 0 unspecified atom stereocenters. The molecule has 390 valence electrons. The third kappa shape index (κ3) is 9.65. The summed E-state index contributed by atoms with van der Waals surface area (Å²) in [6.07, 6.45) is 0. The molecule has 0 saturated heterocycles. The van der Waals surface area contributed by atoms with Crippen LogP contribution in [-0.2, 0) is 21.7 Å². The Bertz CT molecular complexity index is 3980. The minimum atomic E-state index is -0.0728. The van der Waals surface area contributed by atoms with E-state index >= 15 is 0 Å². The zero-order valence-electron chi connectivity index (χ0n) is 48.5. The van der Waals surface area contributed by atoms with Crippen LogP contribution < -0.4 is 9.80 Å². The summed E-state index contributed by atoms with van der Waals surface area (Å²) in [5, 5.41) is 9.87. The van der Waals surface area contributed by atoms with Gasteiger partial charge in [0.2, 0.25) is 0 Å². The molecule has 0 radical (unpaired) electrons. The zero-order chi connectivity index (χ0) is 55.1. The van der Waals surface area contributed by atoms with Gasteiger partial charge in [0, 0.05) is 44.3 Å². The molecule has 0 N–H and O–H groups in total. The van der Waals surface area contributed by atoms with Gasteiger partial charge in [-0.1, -0.05) is 217 Å². The van der Waals surface area contributed by atoms with Crippen LogP contribution in [0.2, 0.25) is 0 Å². The van der Waals surface area contributed by atoms with Gasteiger partial charge in [0.15, 0.2) is 0 Å². The predicted octanol–water partition coefficient (Wildman–Crippen LogP) is 22.4. The smallest absolute Gasteiger partial charge is 0.0618 e. The van der Waals surface area contributed by atoms with Gasteiger partial charge in [-0.3, -0.25) is 0 Å². The van der Waals surface area contributed by atoms with E-state index in [4.69, 9.17) is 0 Å². The number of rotatable bonds is 8. The lowest BCUT2D eigenvalue weighted by atomic mass is 9.80. The highest BCUT2D eigenvalue weighted by atomic mass is 15.2. The molecular weight excluding hydrogens is 941 g/mol. The van der Waals surface area contributed by atoms with Crippen LogP contribution >= 0.6 is 0 Å². The van der Waals surface area contributed by atoms with Crippen molar-refractivity contribution in [2.24, 2.45) is 0 Å². The molecule has 2 heteroatoms. The molecule has 0 saturated carbocycles. The van der Waals surface area contributed by atoms with Crippen molar-refractivity contribution in [2.75, 3.05) is 9.80 Å². The van der Waals surface area contributed by atoms with Gasteiger partial charge in [-0.2, -0.15) is 0 Å². The number of nitrogens with zero attached hydrogens (tertiary/aromatic N) is 2. The standard InChI is InChI=1S/C76H76N2/c1-49-42-50(2)44-60(43-49)78(59-28-22-17-23-29-59)72-64-41-37-54(74(6,7)8)46-66(64)70(62-39-35-56(48-68(62)72)76(12,13)14)52-32-30-51(31-33-52)69-61-38-34-55(75(9,10)11)47-67(61)71(63-40-36-53(45-65(63)69)73(3,4)5)77(57-24-18-15-19-25-57)58-26-20-16-21-27-58/h15-48H,1-14H3. The molecule has 78 heavy (non-hydrogen) atoms. The van der Waals surface area contributed by atoms with Crippen LogP contribution in [0.3, 0.4) is 0 Å². The number of hydrogen-bond donors (Lipinski definition) is 0. The Kier molecular flexibility index (Phi) is 13.0. The first-order chi connectivity index (χ1) is 37.0. The van der Waals surface area contributed by atoms with E-state index in [-0.39, 0.29) is 21.7 Å². The van der Waals surface area contributed by atoms with Crippen molar-refractivity contribution in [3.63, 3.8) is 0 Å². The van der Waals surface area contributed by atoms with Crippen molar-refractivity contribution < 1.29 is 0 Å². The first kappa shape index (κ1) is 52.1. The first-order valence-electron chi connectivity index (χ1n) is 28.1. The molecule has 0 atom stereocenters. The van der Waals surface area contributed by atoms with Crippen LogP contribution in [0.1, 0.15) is 116 Å². The molecule has 11 aromatic rings. The molecule has 0 heterocycles. The molecule has 0 bridgehead atoms. The van der Waals surface area contributed by atoms with Crippen molar-refractivity contribution >= 4 is 77.2 Å². The average molecular weight is 1020 g/mol. The van der Waals surface area contributed by atoms with E-state index in [2.05, 4.69) is 313 Å². The second kappa shape index (κ2) is 19.5.